The highest BCUT2D eigenvalue weighted by Gasteiger charge is 2.40. The van der Waals surface area contributed by atoms with Gasteiger partial charge in [-0.05, 0) is 65.3 Å². The van der Waals surface area contributed by atoms with E-state index < -0.39 is 31.1 Å². The van der Waals surface area contributed by atoms with Crippen LogP contribution in [0.5, 0.6) is 5.75 Å². The molecule has 0 aliphatic heterocycles. The van der Waals surface area contributed by atoms with Crippen LogP contribution in [0.2, 0.25) is 0 Å². The average molecular weight is 511 g/mol. The molecule has 4 rings (SSSR count). The molecule has 4 nitrogen and oxygen atoms in total. The summed E-state index contributed by atoms with van der Waals surface area (Å²) in [7, 11) is -7.43. The van der Waals surface area contributed by atoms with Crippen LogP contribution >= 0.6 is 10.3 Å². The lowest BCUT2D eigenvalue weighted by Crippen LogP contribution is -2.16. The van der Waals surface area contributed by atoms with Crippen LogP contribution in [0.3, 0.4) is 0 Å². The van der Waals surface area contributed by atoms with Crippen LogP contribution in [-0.4, -0.2) is 15.0 Å². The van der Waals surface area contributed by atoms with Gasteiger partial charge in [0, 0.05) is 9.79 Å². The number of halogens is 1. The zero-order valence-corrected chi connectivity index (χ0v) is 21.0. The van der Waals surface area contributed by atoms with Crippen LogP contribution < -0.4 is 4.74 Å². The molecule has 0 radical (unpaired) electrons. The summed E-state index contributed by atoms with van der Waals surface area (Å²) in [5.74, 6) is -0.332. The Hall–Kier alpha value is -3.13. The van der Waals surface area contributed by atoms with E-state index in [4.69, 9.17) is 8.37 Å². The Morgan fingerprint density at radius 2 is 1.20 bits per heavy atom. The van der Waals surface area contributed by atoms with Gasteiger partial charge in [0.15, 0.2) is 0 Å². The maximum atomic E-state index is 14.7. The largest absolute Gasteiger partial charge is 0.492 e. The molecule has 0 spiro atoms. The second-order valence-corrected chi connectivity index (χ2v) is 12.2. The second-order valence-electron chi connectivity index (χ2n) is 7.78. The number of ether oxygens (including phenoxy) is 1. The van der Waals surface area contributed by atoms with Crippen molar-refractivity contribution in [1.82, 2.24) is 0 Å². The predicted octanol–water partition coefficient (Wildman–Crippen LogP) is 7.61. The minimum Gasteiger partial charge on any atom is -0.492 e. The van der Waals surface area contributed by atoms with E-state index in [0.29, 0.717) is 27.0 Å². The lowest BCUT2D eigenvalue weighted by Gasteiger charge is -2.40. The number of hydrogen-bond donors (Lipinski definition) is 0. The summed E-state index contributed by atoms with van der Waals surface area (Å²) >= 11 is 0. The van der Waals surface area contributed by atoms with E-state index in [1.165, 1.54) is 18.2 Å². The molecule has 0 aliphatic carbocycles. The van der Waals surface area contributed by atoms with E-state index in [1.807, 2.05) is 84.9 Å². The molecular formula is C28H27FO4S2. The molecule has 7 heteroatoms. The van der Waals surface area contributed by atoms with Gasteiger partial charge in [0.1, 0.15) is 16.5 Å². The Morgan fingerprint density at radius 1 is 0.686 bits per heavy atom. The maximum Gasteiger partial charge on any atom is 0.310 e. The molecule has 4 aromatic rings. The third kappa shape index (κ3) is 5.27. The molecule has 0 saturated heterocycles. The van der Waals surface area contributed by atoms with E-state index in [0.717, 1.165) is 18.9 Å². The molecule has 0 heterocycles. The molecule has 0 N–H and O–H groups in total. The van der Waals surface area contributed by atoms with E-state index in [1.54, 1.807) is 0 Å². The van der Waals surface area contributed by atoms with E-state index >= 15 is 0 Å². The minimum absolute atomic E-state index is 0.479. The van der Waals surface area contributed by atoms with Crippen molar-refractivity contribution >= 4 is 20.4 Å². The molecule has 0 saturated carbocycles. The Bertz CT molecular complexity index is 1320. The van der Waals surface area contributed by atoms with Crippen LogP contribution in [0, 0.1) is 5.82 Å². The van der Waals surface area contributed by atoms with Gasteiger partial charge in [-0.3, -0.25) is 0 Å². The second kappa shape index (κ2) is 11.1. The molecule has 0 aromatic heterocycles. The standard InChI is InChI=1S/C28H27FO4S2/c1-2-3-22-32-26-19-11-13-21-28(26)34(23-14-6-4-7-15-23,24-16-8-5-9-17-24)33-35(30,31)27-20-12-10-18-25(27)29/h4-21H,2-3,22H2,1H3. The monoisotopic (exact) mass is 510 g/mol. The average Bonchev–Trinajstić information content (AvgIpc) is 2.89. The number of benzene rings is 4. The van der Waals surface area contributed by atoms with E-state index in [-0.39, 0.29) is 0 Å². The molecule has 0 bridgehead atoms. The summed E-state index contributed by atoms with van der Waals surface area (Å²) in [6, 6.07) is 30.9. The minimum atomic E-state index is -4.53. The molecule has 0 fully saturated rings. The number of unbranched alkanes of at least 4 members (excludes halogenated alkanes) is 1. The summed E-state index contributed by atoms with van der Waals surface area (Å²) in [6.07, 6.45) is 1.80. The summed E-state index contributed by atoms with van der Waals surface area (Å²) < 4.78 is 54.4. The van der Waals surface area contributed by atoms with Crippen molar-refractivity contribution in [2.75, 3.05) is 6.61 Å². The fourth-order valence-electron chi connectivity index (χ4n) is 3.68. The molecule has 4 aromatic carbocycles. The van der Waals surface area contributed by atoms with Gasteiger partial charge in [0.2, 0.25) is 0 Å². The SMILES string of the molecule is CCCCOc1ccccc1S(OS(=O)(=O)c1ccccc1F)(c1ccccc1)c1ccccc1. The predicted molar refractivity (Wildman–Crippen MR) is 137 cm³/mol. The molecule has 182 valence electrons. The van der Waals surface area contributed by atoms with Crippen LogP contribution in [0.4, 0.5) is 4.39 Å². The van der Waals surface area contributed by atoms with Gasteiger partial charge in [-0.25, -0.2) is 8.02 Å². The van der Waals surface area contributed by atoms with E-state index in [2.05, 4.69) is 6.92 Å². The zero-order chi connectivity index (χ0) is 24.7. The number of para-hydroxylation sites is 1. The van der Waals surface area contributed by atoms with Gasteiger partial charge in [-0.2, -0.15) is 8.42 Å². The first-order chi connectivity index (χ1) is 17.0. The smallest absolute Gasteiger partial charge is 0.310 e. The molecule has 0 aliphatic rings. The van der Waals surface area contributed by atoms with Crippen molar-refractivity contribution in [2.24, 2.45) is 0 Å². The topological polar surface area (TPSA) is 52.6 Å². The van der Waals surface area contributed by atoms with Crippen molar-refractivity contribution in [1.29, 1.82) is 0 Å². The summed E-state index contributed by atoms with van der Waals surface area (Å²) in [6.45, 7) is 2.55. The molecule has 0 amide bonds. The molecule has 0 unspecified atom stereocenters. The fourth-order valence-corrected chi connectivity index (χ4v) is 9.06. The van der Waals surface area contributed by atoms with Crippen LogP contribution in [-0.2, 0) is 13.7 Å². The lowest BCUT2D eigenvalue weighted by molar-refractivity contribution is 0.301. The number of rotatable bonds is 10. The first-order valence-corrected chi connectivity index (χ1v) is 14.3. The van der Waals surface area contributed by atoms with Crippen molar-refractivity contribution in [3.8, 4) is 5.75 Å². The summed E-state index contributed by atoms with van der Waals surface area (Å²) in [5, 5.41) is 0. The highest BCUT2D eigenvalue weighted by Crippen LogP contribution is 2.72. The third-order valence-corrected chi connectivity index (χ3v) is 10.6. The van der Waals surface area contributed by atoms with Gasteiger partial charge in [-0.15, -0.1) is 0 Å². The Balaban J connectivity index is 2.01. The third-order valence-electron chi connectivity index (χ3n) is 5.36. The van der Waals surface area contributed by atoms with E-state index in [9.17, 15) is 12.8 Å². The normalized spacial score (nSPS) is 12.3. The van der Waals surface area contributed by atoms with Gasteiger partial charge in [0.25, 0.3) is 0 Å². The summed E-state index contributed by atoms with van der Waals surface area (Å²) in [5.41, 5.74) is 0. The van der Waals surface area contributed by atoms with Crippen molar-refractivity contribution < 1.29 is 21.2 Å². The quantitative estimate of drug-likeness (QED) is 0.206. The van der Waals surface area contributed by atoms with Crippen LogP contribution in [0.25, 0.3) is 0 Å². The Kier molecular flexibility index (Phi) is 7.90. The fraction of sp³-hybridized carbons (Fsp3) is 0.143. The first kappa shape index (κ1) is 25.0. The summed E-state index contributed by atoms with van der Waals surface area (Å²) in [4.78, 5) is 1.39. The van der Waals surface area contributed by atoms with Crippen molar-refractivity contribution in [3.05, 3.63) is 115 Å². The van der Waals surface area contributed by atoms with Crippen LogP contribution in [0.1, 0.15) is 19.8 Å². The van der Waals surface area contributed by atoms with Crippen LogP contribution in [0.15, 0.2) is 129 Å². The Labute approximate surface area is 208 Å². The highest BCUT2D eigenvalue weighted by molar-refractivity contribution is 8.33. The molecule has 0 atom stereocenters. The Morgan fingerprint density at radius 3 is 1.77 bits per heavy atom. The molecular weight excluding hydrogens is 483 g/mol. The van der Waals surface area contributed by atoms with Gasteiger partial charge in [0.05, 0.1) is 11.5 Å². The number of hydrogen-bond acceptors (Lipinski definition) is 4. The zero-order valence-electron chi connectivity index (χ0n) is 19.3. The molecule has 35 heavy (non-hydrogen) atoms. The van der Waals surface area contributed by atoms with Gasteiger partial charge >= 0.3 is 10.1 Å². The van der Waals surface area contributed by atoms with Crippen molar-refractivity contribution in [2.45, 2.75) is 39.3 Å². The van der Waals surface area contributed by atoms with Crippen molar-refractivity contribution in [3.63, 3.8) is 0 Å². The lowest BCUT2D eigenvalue weighted by atomic mass is 10.3. The highest BCUT2D eigenvalue weighted by atomic mass is 32.3. The van der Waals surface area contributed by atoms with Gasteiger partial charge in [-0.1, -0.05) is 74.0 Å². The maximum absolute atomic E-state index is 14.7. The first-order valence-electron chi connectivity index (χ1n) is 11.3. The van der Waals surface area contributed by atoms with Gasteiger partial charge < -0.3 is 4.74 Å².